The summed E-state index contributed by atoms with van der Waals surface area (Å²) >= 11 is 0. The van der Waals surface area contributed by atoms with Crippen molar-refractivity contribution in [1.82, 2.24) is 10.2 Å². The summed E-state index contributed by atoms with van der Waals surface area (Å²) in [5.41, 5.74) is 1.47. The smallest absolute Gasteiger partial charge is 0.237 e. The van der Waals surface area contributed by atoms with Crippen LogP contribution in [0.4, 0.5) is 14.5 Å². The molecular weight excluding hydrogens is 336 g/mol. The third kappa shape index (κ3) is 4.38. The summed E-state index contributed by atoms with van der Waals surface area (Å²) in [5.74, 6) is -0.663. The zero-order valence-electron chi connectivity index (χ0n) is 14.8. The maximum atomic E-state index is 13.6. The van der Waals surface area contributed by atoms with Crippen LogP contribution in [0.1, 0.15) is 12.5 Å². The number of benzene rings is 2. The average Bonchev–Trinajstić information content (AvgIpc) is 2.67. The molecule has 1 aliphatic rings. The first kappa shape index (κ1) is 18.3. The van der Waals surface area contributed by atoms with Crippen LogP contribution in [0.15, 0.2) is 48.5 Å². The van der Waals surface area contributed by atoms with E-state index in [-0.39, 0.29) is 30.1 Å². The Bertz CT molecular complexity index is 743. The van der Waals surface area contributed by atoms with Gasteiger partial charge in [-0.3, -0.25) is 9.69 Å². The molecule has 6 heteroatoms. The highest BCUT2D eigenvalue weighted by atomic mass is 19.1. The molecule has 0 radical (unpaired) electrons. The summed E-state index contributed by atoms with van der Waals surface area (Å²) < 4.78 is 26.7. The van der Waals surface area contributed by atoms with Crippen LogP contribution in [-0.2, 0) is 11.3 Å². The monoisotopic (exact) mass is 359 g/mol. The number of nitrogens with one attached hydrogen (secondary N) is 1. The van der Waals surface area contributed by atoms with E-state index < -0.39 is 0 Å². The fraction of sp³-hybridized carbons (Fsp3) is 0.350. The molecule has 1 amide bonds. The van der Waals surface area contributed by atoms with Gasteiger partial charge in [0.1, 0.15) is 11.6 Å². The fourth-order valence-electron chi connectivity index (χ4n) is 3.16. The summed E-state index contributed by atoms with van der Waals surface area (Å²) in [6.45, 7) is 5.08. The lowest BCUT2D eigenvalue weighted by Crippen LogP contribution is -2.53. The van der Waals surface area contributed by atoms with Gasteiger partial charge >= 0.3 is 0 Å². The van der Waals surface area contributed by atoms with Gasteiger partial charge in [0.2, 0.25) is 5.91 Å². The highest BCUT2D eigenvalue weighted by Crippen LogP contribution is 2.18. The van der Waals surface area contributed by atoms with E-state index in [4.69, 9.17) is 0 Å². The normalized spacial score (nSPS) is 16.3. The van der Waals surface area contributed by atoms with E-state index in [9.17, 15) is 13.6 Å². The molecule has 0 aliphatic carbocycles. The molecule has 2 aromatic rings. The van der Waals surface area contributed by atoms with Gasteiger partial charge in [-0.15, -0.1) is 0 Å². The summed E-state index contributed by atoms with van der Waals surface area (Å²) in [4.78, 5) is 16.7. The first-order chi connectivity index (χ1) is 12.5. The zero-order valence-corrected chi connectivity index (χ0v) is 14.8. The van der Waals surface area contributed by atoms with E-state index >= 15 is 0 Å². The molecule has 4 nitrogen and oxygen atoms in total. The number of nitrogens with zero attached hydrogens (tertiary/aromatic N) is 2. The number of carbonyl (C=O) groups excluding carboxylic acids is 1. The van der Waals surface area contributed by atoms with E-state index in [0.29, 0.717) is 5.56 Å². The van der Waals surface area contributed by atoms with Crippen molar-refractivity contribution in [2.24, 2.45) is 0 Å². The van der Waals surface area contributed by atoms with Crippen LogP contribution >= 0.6 is 0 Å². The Morgan fingerprint density at radius 3 is 2.35 bits per heavy atom. The Kier molecular flexibility index (Phi) is 5.83. The largest absolute Gasteiger partial charge is 0.369 e. The van der Waals surface area contributed by atoms with E-state index in [2.05, 4.69) is 15.1 Å². The molecule has 2 aromatic carbocycles. The zero-order chi connectivity index (χ0) is 18.5. The highest BCUT2D eigenvalue weighted by molar-refractivity contribution is 5.81. The number of carbonyl (C=O) groups is 1. The highest BCUT2D eigenvalue weighted by Gasteiger charge is 2.25. The van der Waals surface area contributed by atoms with E-state index in [1.54, 1.807) is 30.3 Å². The van der Waals surface area contributed by atoms with Gasteiger partial charge in [0.15, 0.2) is 0 Å². The molecule has 1 saturated heterocycles. The second-order valence-corrected chi connectivity index (χ2v) is 6.48. The second-order valence-electron chi connectivity index (χ2n) is 6.48. The first-order valence-corrected chi connectivity index (χ1v) is 8.80. The third-order valence-corrected chi connectivity index (χ3v) is 4.84. The van der Waals surface area contributed by atoms with Gasteiger partial charge in [-0.1, -0.05) is 18.2 Å². The number of hydrogen-bond donors (Lipinski definition) is 1. The SMILES string of the molecule is CC(C(=O)NCc1ccccc1F)N1CCN(c2ccc(F)cc2)CC1. The number of rotatable bonds is 5. The Balaban J connectivity index is 1.49. The van der Waals surface area contributed by atoms with Crippen LogP contribution in [0.2, 0.25) is 0 Å². The lowest BCUT2D eigenvalue weighted by atomic mass is 10.1. The molecule has 1 heterocycles. The van der Waals surface area contributed by atoms with Gasteiger partial charge in [0, 0.05) is 44.0 Å². The first-order valence-electron chi connectivity index (χ1n) is 8.80. The summed E-state index contributed by atoms with van der Waals surface area (Å²) in [6, 6.07) is 12.6. The van der Waals surface area contributed by atoms with Crippen molar-refractivity contribution < 1.29 is 13.6 Å². The van der Waals surface area contributed by atoms with Crippen LogP contribution in [0.5, 0.6) is 0 Å². The minimum absolute atomic E-state index is 0.108. The van der Waals surface area contributed by atoms with Crippen molar-refractivity contribution in [3.8, 4) is 0 Å². The number of amides is 1. The minimum Gasteiger partial charge on any atom is -0.369 e. The van der Waals surface area contributed by atoms with Crippen molar-refractivity contribution in [3.05, 3.63) is 65.7 Å². The summed E-state index contributed by atoms with van der Waals surface area (Å²) in [5, 5.41) is 2.81. The lowest BCUT2D eigenvalue weighted by molar-refractivity contribution is -0.126. The standard InChI is InChI=1S/C20H23F2N3O/c1-15(20(26)23-14-16-4-2-3-5-19(16)22)24-10-12-25(13-11-24)18-8-6-17(21)7-9-18/h2-9,15H,10-14H2,1H3,(H,23,26). The van der Waals surface area contributed by atoms with Gasteiger partial charge < -0.3 is 10.2 Å². The second kappa shape index (κ2) is 8.27. The molecule has 1 atom stereocenters. The Morgan fingerprint density at radius 1 is 1.04 bits per heavy atom. The number of halogens is 2. The van der Waals surface area contributed by atoms with Crippen molar-refractivity contribution >= 4 is 11.6 Å². The average molecular weight is 359 g/mol. The number of piperazine rings is 1. The van der Waals surface area contributed by atoms with Crippen LogP contribution in [0.25, 0.3) is 0 Å². The molecule has 1 N–H and O–H groups in total. The van der Waals surface area contributed by atoms with Crippen molar-refractivity contribution in [2.75, 3.05) is 31.1 Å². The Hall–Kier alpha value is -2.47. The lowest BCUT2D eigenvalue weighted by Gasteiger charge is -2.38. The summed E-state index contributed by atoms with van der Waals surface area (Å²) in [7, 11) is 0. The van der Waals surface area contributed by atoms with Gasteiger partial charge in [0.05, 0.1) is 6.04 Å². The molecular formula is C20H23F2N3O. The molecule has 138 valence electrons. The fourth-order valence-corrected chi connectivity index (χ4v) is 3.16. The van der Waals surface area contributed by atoms with Crippen molar-refractivity contribution in [3.63, 3.8) is 0 Å². The predicted molar refractivity (Wildman–Crippen MR) is 97.9 cm³/mol. The van der Waals surface area contributed by atoms with E-state index in [1.807, 2.05) is 6.92 Å². The molecule has 26 heavy (non-hydrogen) atoms. The quantitative estimate of drug-likeness (QED) is 0.892. The summed E-state index contributed by atoms with van der Waals surface area (Å²) in [6.07, 6.45) is 0. The molecule has 3 rings (SSSR count). The molecule has 0 spiro atoms. The van der Waals surface area contributed by atoms with Crippen LogP contribution < -0.4 is 10.2 Å². The minimum atomic E-state index is -0.312. The molecule has 0 aromatic heterocycles. The Morgan fingerprint density at radius 2 is 1.69 bits per heavy atom. The predicted octanol–water partition coefficient (Wildman–Crippen LogP) is 2.79. The molecule has 1 unspecified atom stereocenters. The maximum absolute atomic E-state index is 13.6. The van der Waals surface area contributed by atoms with E-state index in [0.717, 1.165) is 31.9 Å². The molecule has 0 saturated carbocycles. The number of anilines is 1. The maximum Gasteiger partial charge on any atom is 0.237 e. The topological polar surface area (TPSA) is 35.6 Å². The third-order valence-electron chi connectivity index (χ3n) is 4.84. The molecule has 0 bridgehead atoms. The van der Waals surface area contributed by atoms with Crippen molar-refractivity contribution in [1.29, 1.82) is 0 Å². The van der Waals surface area contributed by atoms with Gasteiger partial charge in [-0.2, -0.15) is 0 Å². The van der Waals surface area contributed by atoms with E-state index in [1.165, 1.54) is 18.2 Å². The molecule has 1 fully saturated rings. The van der Waals surface area contributed by atoms with Gasteiger partial charge in [-0.25, -0.2) is 8.78 Å². The van der Waals surface area contributed by atoms with Crippen LogP contribution in [0.3, 0.4) is 0 Å². The Labute approximate surface area is 152 Å². The van der Waals surface area contributed by atoms with Gasteiger partial charge in [-0.05, 0) is 37.3 Å². The molecule has 1 aliphatic heterocycles. The van der Waals surface area contributed by atoms with Crippen LogP contribution in [-0.4, -0.2) is 43.0 Å². The number of hydrogen-bond acceptors (Lipinski definition) is 3. The van der Waals surface area contributed by atoms with Crippen LogP contribution in [0, 0.1) is 11.6 Å². The van der Waals surface area contributed by atoms with Gasteiger partial charge in [0.25, 0.3) is 0 Å². The van der Waals surface area contributed by atoms with Crippen molar-refractivity contribution in [2.45, 2.75) is 19.5 Å².